The summed E-state index contributed by atoms with van der Waals surface area (Å²) in [5.74, 6) is -10.2. The van der Waals surface area contributed by atoms with Crippen LogP contribution in [0.1, 0.15) is 116 Å². The normalized spacial score (nSPS) is 23.6. The van der Waals surface area contributed by atoms with Crippen molar-refractivity contribution in [3.05, 3.63) is 106 Å². The Labute approximate surface area is 577 Å². The highest BCUT2D eigenvalue weighted by atomic mass is 35.5. The van der Waals surface area contributed by atoms with Gasteiger partial charge in [0.25, 0.3) is 0 Å². The molecule has 12 amide bonds. The molecule has 28 heteroatoms. The van der Waals surface area contributed by atoms with Crippen LogP contribution in [-0.4, -0.2) is 229 Å². The topological polar surface area (TPSA) is 288 Å². The van der Waals surface area contributed by atoms with Crippen LogP contribution in [0.25, 0.3) is 0 Å². The Balaban J connectivity index is 1.62. The number of hydrogen-bond acceptors (Lipinski definition) is 12. The number of likely N-dealkylation sites (N-methyl/N-ethyl adjacent to an activating group) is 6. The van der Waals surface area contributed by atoms with Crippen LogP contribution in [-0.2, 0) is 83.0 Å². The van der Waals surface area contributed by atoms with Crippen LogP contribution >= 0.6 is 11.6 Å². The van der Waals surface area contributed by atoms with Crippen molar-refractivity contribution >= 4 is 82.5 Å². The molecule has 0 aliphatic carbocycles. The molecule has 5 N–H and O–H groups in total. The first-order valence-electron chi connectivity index (χ1n) is 33.3. The van der Waals surface area contributed by atoms with Crippen LogP contribution in [0, 0.1) is 17.8 Å². The quantitative estimate of drug-likeness (QED) is 0.152. The smallest absolute Gasteiger partial charge is 0.343 e. The number of amides is 12. The Bertz CT molecular complexity index is 3280. The van der Waals surface area contributed by atoms with Gasteiger partial charge in [0.1, 0.15) is 48.3 Å². The molecule has 0 spiro atoms. The summed E-state index contributed by atoms with van der Waals surface area (Å²) in [5.41, 5.74) is 0.565. The van der Waals surface area contributed by atoms with Crippen LogP contribution in [0.4, 0.5) is 13.2 Å². The maximum absolute atomic E-state index is 15.2. The van der Waals surface area contributed by atoms with Gasteiger partial charge in [-0.3, -0.25) is 57.5 Å². The van der Waals surface area contributed by atoms with Gasteiger partial charge in [0, 0.05) is 73.2 Å². The molecule has 5 rings (SSSR count). The van der Waals surface area contributed by atoms with Crippen LogP contribution in [0.3, 0.4) is 0 Å². The summed E-state index contributed by atoms with van der Waals surface area (Å²) < 4.78 is 41.0. The number of hydrogen-bond donors (Lipinski definition) is 5. The van der Waals surface area contributed by atoms with E-state index in [1.807, 2.05) is 13.8 Å². The van der Waals surface area contributed by atoms with Crippen molar-refractivity contribution in [2.24, 2.45) is 17.8 Å². The Morgan fingerprint density at radius 1 is 0.541 bits per heavy atom. The molecule has 0 bridgehead atoms. The lowest BCUT2D eigenvalue weighted by Gasteiger charge is -2.34. The molecule has 2 fully saturated rings. The average Bonchev–Trinajstić information content (AvgIpc) is 1.06. The van der Waals surface area contributed by atoms with Gasteiger partial charge in [0.2, 0.25) is 70.9 Å². The van der Waals surface area contributed by atoms with E-state index in [0.29, 0.717) is 54.1 Å². The molecular formula is C70H98ClF3N12O12. The van der Waals surface area contributed by atoms with Gasteiger partial charge >= 0.3 is 6.18 Å². The Kier molecular flexibility index (Phi) is 30.1. The summed E-state index contributed by atoms with van der Waals surface area (Å²) in [6.07, 6.45) is -4.15. The molecule has 2 heterocycles. The van der Waals surface area contributed by atoms with E-state index < -0.39 is 163 Å². The summed E-state index contributed by atoms with van der Waals surface area (Å²) in [7, 11) is 7.99. The molecule has 0 unspecified atom stereocenters. The predicted octanol–water partition coefficient (Wildman–Crippen LogP) is 4.24. The molecule has 98 heavy (non-hydrogen) atoms. The molecule has 2 aliphatic heterocycles. The van der Waals surface area contributed by atoms with Crippen molar-refractivity contribution in [3.8, 4) is 0 Å². The number of nitrogens with one attached hydrogen (secondary N) is 5. The number of aryl methyl sites for hydroxylation is 1. The lowest BCUT2D eigenvalue weighted by molar-refractivity contribution is -0.148. The third kappa shape index (κ3) is 23.3. The van der Waals surface area contributed by atoms with E-state index in [1.165, 1.54) is 66.2 Å². The fourth-order valence-electron chi connectivity index (χ4n) is 11.6. The number of alkyl halides is 3. The zero-order chi connectivity index (χ0) is 73.0. The number of halogens is 4. The lowest BCUT2D eigenvalue weighted by atomic mass is 9.97. The van der Waals surface area contributed by atoms with E-state index in [2.05, 4.69) is 26.6 Å². The van der Waals surface area contributed by atoms with Crippen molar-refractivity contribution in [1.82, 2.24) is 60.9 Å². The Hall–Kier alpha value is -8.62. The molecule has 0 aromatic heterocycles. The molecule has 3 aromatic rings. The van der Waals surface area contributed by atoms with Crippen molar-refractivity contribution in [1.29, 1.82) is 0 Å². The summed E-state index contributed by atoms with van der Waals surface area (Å²) >= 11 is 6.21. The number of rotatable bonds is 14. The summed E-state index contributed by atoms with van der Waals surface area (Å²) in [6.45, 7) is 10.9. The van der Waals surface area contributed by atoms with Gasteiger partial charge in [-0.25, -0.2) is 0 Å². The van der Waals surface area contributed by atoms with E-state index in [0.717, 1.165) is 41.5 Å². The highest BCUT2D eigenvalue weighted by Crippen LogP contribution is 2.30. The fraction of sp³-hybridized carbons (Fsp3) is 0.571. The maximum atomic E-state index is 15.2. The Morgan fingerprint density at radius 2 is 1.09 bits per heavy atom. The zero-order valence-electron chi connectivity index (χ0n) is 58.5. The summed E-state index contributed by atoms with van der Waals surface area (Å²) in [6, 6.07) is 8.28. The minimum atomic E-state index is -4.65. The van der Waals surface area contributed by atoms with E-state index in [4.69, 9.17) is 11.6 Å². The zero-order valence-corrected chi connectivity index (χ0v) is 59.3. The second-order valence-electron chi connectivity index (χ2n) is 26.7. The van der Waals surface area contributed by atoms with E-state index in [-0.39, 0.29) is 50.4 Å². The molecule has 0 saturated carbocycles. The van der Waals surface area contributed by atoms with Crippen molar-refractivity contribution in [3.63, 3.8) is 0 Å². The van der Waals surface area contributed by atoms with Crippen LogP contribution in [0.15, 0.2) is 78.9 Å². The van der Waals surface area contributed by atoms with E-state index in [9.17, 15) is 65.9 Å². The van der Waals surface area contributed by atoms with Gasteiger partial charge in [-0.15, -0.1) is 0 Å². The first-order valence-corrected chi connectivity index (χ1v) is 33.6. The van der Waals surface area contributed by atoms with Crippen molar-refractivity contribution in [2.75, 3.05) is 75.0 Å². The van der Waals surface area contributed by atoms with Crippen LogP contribution < -0.4 is 26.6 Å². The third-order valence-corrected chi connectivity index (χ3v) is 18.3. The van der Waals surface area contributed by atoms with E-state index >= 15 is 4.79 Å². The standard InChI is InChI=1S/C70H98ClF3N12O12/c1-14-44(6)61-69(98)82(10)40-59(89)80(8)41-60(90)84(12)56(37-48-24-29-50(71)30-25-48)68(97)81(9)39-57(87)75-51(31-26-46-22-27-49(28-23-46)70(72,73)74)63(92)76-52(34-42(2)3)64(93)77-53(36-47-20-16-15-17-21-47)66(95)85(13)55(35-43(4)5)65(94)78-54(67(96)86-32-18-19-33-86)38-58(88)83(11)45(7)62(91)79-61/h15-17,20-25,27-30,42-45,51-56,61H,14,18-19,26,31-41H2,1-13H3,(H,75,87)(H,76,92)(H,77,93)(H,78,94)(H,79,91)/t44-,45-,51-,52-,53-,54-,55-,56-,61-/m0/s1. The maximum Gasteiger partial charge on any atom is 0.416 e. The highest BCUT2D eigenvalue weighted by Gasteiger charge is 2.41. The van der Waals surface area contributed by atoms with Crippen molar-refractivity contribution in [2.45, 2.75) is 167 Å². The minimum Gasteiger partial charge on any atom is -0.343 e. The number of carbonyl (C=O) groups excluding carboxylic acids is 12. The number of nitrogens with zero attached hydrogens (tertiary/aromatic N) is 7. The third-order valence-electron chi connectivity index (χ3n) is 18.0. The SMILES string of the molecule is CC[C@H](C)[C@@H]1NC(=O)[C@H](C)N(C)C(=O)C[C@@H](C(=O)N2CCCC2)NC(=O)[C@H](CC(C)C)N(C)C(=O)[C@H](Cc2ccccc2)NC(=O)[C@H](CC(C)C)NC(=O)[C@H](CCc2ccc(C(F)(F)F)cc2)NC(=O)CN(C)C(=O)[C@H](Cc2ccc(Cl)cc2)N(C)C(=O)CN(C)C(=O)CN(C)C1=O. The van der Waals surface area contributed by atoms with Crippen molar-refractivity contribution < 1.29 is 70.7 Å². The van der Waals surface area contributed by atoms with Crippen LogP contribution in [0.2, 0.25) is 5.02 Å². The second-order valence-corrected chi connectivity index (χ2v) is 27.2. The minimum absolute atomic E-state index is 0.0286. The summed E-state index contributed by atoms with van der Waals surface area (Å²) in [5, 5.41) is 14.1. The van der Waals surface area contributed by atoms with Crippen LogP contribution in [0.5, 0.6) is 0 Å². The molecular weight excluding hydrogens is 1290 g/mol. The van der Waals surface area contributed by atoms with Gasteiger partial charge in [-0.05, 0) is 104 Å². The fourth-order valence-corrected chi connectivity index (χ4v) is 11.7. The molecule has 24 nitrogen and oxygen atoms in total. The van der Waals surface area contributed by atoms with Gasteiger partial charge in [0.15, 0.2) is 0 Å². The molecule has 2 saturated heterocycles. The number of likely N-dealkylation sites (tertiary alicyclic amines) is 1. The van der Waals surface area contributed by atoms with Gasteiger partial charge in [-0.2, -0.15) is 13.2 Å². The monoisotopic (exact) mass is 1390 g/mol. The van der Waals surface area contributed by atoms with Gasteiger partial charge < -0.3 is 60.9 Å². The molecule has 9 atom stereocenters. The van der Waals surface area contributed by atoms with Gasteiger partial charge in [-0.1, -0.05) is 114 Å². The van der Waals surface area contributed by atoms with Gasteiger partial charge in [0.05, 0.1) is 31.6 Å². The Morgan fingerprint density at radius 3 is 1.67 bits per heavy atom. The highest BCUT2D eigenvalue weighted by molar-refractivity contribution is 6.30. The second kappa shape index (κ2) is 36.8. The molecule has 3 aromatic carbocycles. The lowest BCUT2D eigenvalue weighted by Crippen LogP contribution is -2.60. The number of benzene rings is 3. The number of carbonyl (C=O) groups is 12. The average molecular weight is 1390 g/mol. The molecule has 538 valence electrons. The molecule has 0 radical (unpaired) electrons. The summed E-state index contributed by atoms with van der Waals surface area (Å²) in [4.78, 5) is 183. The first-order chi connectivity index (χ1) is 46.0. The first kappa shape index (κ1) is 80.1. The van der Waals surface area contributed by atoms with E-state index in [1.54, 1.807) is 82.3 Å². The molecule has 2 aliphatic rings. The largest absolute Gasteiger partial charge is 0.416 e. The predicted molar refractivity (Wildman–Crippen MR) is 362 cm³/mol.